The van der Waals surface area contributed by atoms with Gasteiger partial charge in [-0.25, -0.2) is 13.4 Å². The highest BCUT2D eigenvalue weighted by atomic mass is 32.2. The third-order valence-corrected chi connectivity index (χ3v) is 7.46. The van der Waals surface area contributed by atoms with Crippen molar-refractivity contribution in [1.82, 2.24) is 15.3 Å². The number of hydrogen-bond donors (Lipinski definition) is 4. The molecule has 1 saturated carbocycles. The van der Waals surface area contributed by atoms with Gasteiger partial charge in [-0.05, 0) is 49.1 Å². The summed E-state index contributed by atoms with van der Waals surface area (Å²) in [6.45, 7) is 2.83. The maximum Gasteiger partial charge on any atom is 0.261 e. The van der Waals surface area contributed by atoms with Crippen LogP contribution in [-0.2, 0) is 16.6 Å². The van der Waals surface area contributed by atoms with Crippen molar-refractivity contribution < 1.29 is 8.42 Å². The Morgan fingerprint density at radius 1 is 1.16 bits per heavy atom. The number of nitrogens with two attached hydrogens (primary N) is 1. The van der Waals surface area contributed by atoms with Crippen LogP contribution in [0.2, 0.25) is 0 Å². The molecule has 0 radical (unpaired) electrons. The van der Waals surface area contributed by atoms with Crippen LogP contribution in [0.3, 0.4) is 0 Å². The number of benzene rings is 2. The second-order valence-electron chi connectivity index (χ2n) is 8.59. The summed E-state index contributed by atoms with van der Waals surface area (Å²) >= 11 is 0. The van der Waals surface area contributed by atoms with Crippen LogP contribution < -0.4 is 15.8 Å². The number of nitrogens with one attached hydrogen (secondary N) is 3. The zero-order chi connectivity index (χ0) is 21.8. The number of aromatic amines is 1. The summed E-state index contributed by atoms with van der Waals surface area (Å²) in [7, 11) is -3.75. The Bertz CT molecular complexity index is 1140. The first-order valence-corrected chi connectivity index (χ1v) is 12.5. The van der Waals surface area contributed by atoms with Gasteiger partial charge in [0.2, 0.25) is 0 Å². The number of anilines is 2. The standard InChI is InChI=1S/C23H31N5O2S/c1-16(13-17-7-3-2-4-8-17)25-15-18-9-5-6-10-20(18)28-31(29,30)19-11-12-21-22(14-19)27-23(24)26-21/h5-6,9-12,14,16-17,25,28H,2-4,7-8,13,15H2,1H3,(H3,24,26,27). The number of aromatic nitrogens is 2. The molecule has 1 atom stereocenters. The molecule has 1 aliphatic carbocycles. The van der Waals surface area contributed by atoms with Crippen molar-refractivity contribution in [3.05, 3.63) is 48.0 Å². The molecule has 166 valence electrons. The number of hydrogen-bond acceptors (Lipinski definition) is 5. The van der Waals surface area contributed by atoms with Gasteiger partial charge in [-0.3, -0.25) is 4.72 Å². The fourth-order valence-corrected chi connectivity index (χ4v) is 5.56. The van der Waals surface area contributed by atoms with Crippen molar-refractivity contribution in [1.29, 1.82) is 0 Å². The van der Waals surface area contributed by atoms with Crippen LogP contribution >= 0.6 is 0 Å². The molecule has 8 heteroatoms. The summed E-state index contributed by atoms with van der Waals surface area (Å²) < 4.78 is 28.8. The van der Waals surface area contributed by atoms with E-state index in [1.165, 1.54) is 44.6 Å². The lowest BCUT2D eigenvalue weighted by atomic mass is 9.85. The van der Waals surface area contributed by atoms with E-state index in [0.29, 0.717) is 29.3 Å². The third kappa shape index (κ3) is 5.37. The summed E-state index contributed by atoms with van der Waals surface area (Å²) in [4.78, 5) is 7.18. The zero-order valence-corrected chi connectivity index (χ0v) is 18.7. The topological polar surface area (TPSA) is 113 Å². The predicted octanol–water partition coefficient (Wildman–Crippen LogP) is 4.39. The van der Waals surface area contributed by atoms with Crippen molar-refractivity contribution in [3.63, 3.8) is 0 Å². The molecule has 1 unspecified atom stereocenters. The molecule has 7 nitrogen and oxygen atoms in total. The van der Waals surface area contributed by atoms with Gasteiger partial charge in [0, 0.05) is 12.6 Å². The maximum absolute atomic E-state index is 13.0. The first-order chi connectivity index (χ1) is 14.9. The summed E-state index contributed by atoms with van der Waals surface area (Å²) in [6.07, 6.45) is 7.88. The van der Waals surface area contributed by atoms with E-state index in [0.717, 1.165) is 11.5 Å². The van der Waals surface area contributed by atoms with Crippen LogP contribution in [0.4, 0.5) is 11.6 Å². The number of fused-ring (bicyclic) bond motifs is 1. The van der Waals surface area contributed by atoms with Crippen LogP contribution in [0.1, 0.15) is 51.0 Å². The summed E-state index contributed by atoms with van der Waals surface area (Å²) in [5.41, 5.74) is 8.40. The summed E-state index contributed by atoms with van der Waals surface area (Å²) in [5, 5.41) is 3.58. The largest absolute Gasteiger partial charge is 0.369 e. The molecule has 1 heterocycles. The van der Waals surface area contributed by atoms with Crippen molar-refractivity contribution in [3.8, 4) is 0 Å². The van der Waals surface area contributed by atoms with Crippen molar-refractivity contribution in [2.45, 2.75) is 62.9 Å². The summed E-state index contributed by atoms with van der Waals surface area (Å²) in [5.74, 6) is 1.06. The minimum atomic E-state index is -3.75. The molecule has 1 fully saturated rings. The van der Waals surface area contributed by atoms with Crippen molar-refractivity contribution >= 4 is 32.7 Å². The van der Waals surface area contributed by atoms with Gasteiger partial charge < -0.3 is 16.0 Å². The zero-order valence-electron chi connectivity index (χ0n) is 17.9. The minimum absolute atomic E-state index is 0.153. The highest BCUT2D eigenvalue weighted by molar-refractivity contribution is 7.92. The van der Waals surface area contributed by atoms with Crippen LogP contribution in [0.5, 0.6) is 0 Å². The Labute approximate surface area is 183 Å². The Hall–Kier alpha value is -2.58. The van der Waals surface area contributed by atoms with E-state index >= 15 is 0 Å². The molecule has 3 aromatic rings. The average molecular weight is 442 g/mol. The molecule has 1 aromatic heterocycles. The normalized spacial score (nSPS) is 16.4. The Kier molecular flexibility index (Phi) is 6.48. The molecular formula is C23H31N5O2S. The molecule has 2 aromatic carbocycles. The minimum Gasteiger partial charge on any atom is -0.369 e. The highest BCUT2D eigenvalue weighted by Crippen LogP contribution is 2.28. The van der Waals surface area contributed by atoms with E-state index in [1.807, 2.05) is 18.2 Å². The lowest BCUT2D eigenvalue weighted by molar-refractivity contribution is 0.305. The van der Waals surface area contributed by atoms with Gasteiger partial charge in [-0.2, -0.15) is 0 Å². The predicted molar refractivity (Wildman–Crippen MR) is 125 cm³/mol. The SMILES string of the molecule is CC(CC1CCCCC1)NCc1ccccc1NS(=O)(=O)c1ccc2[nH]c(N)nc2c1. The number of H-pyrrole nitrogens is 1. The molecule has 4 rings (SSSR count). The molecule has 5 N–H and O–H groups in total. The summed E-state index contributed by atoms with van der Waals surface area (Å²) in [6, 6.07) is 12.7. The number of imidazole rings is 1. The van der Waals surface area contributed by atoms with Crippen LogP contribution in [0.25, 0.3) is 11.0 Å². The van der Waals surface area contributed by atoms with Crippen LogP contribution in [0, 0.1) is 5.92 Å². The number of sulfonamides is 1. The lowest BCUT2D eigenvalue weighted by Crippen LogP contribution is -2.29. The molecular weight excluding hydrogens is 410 g/mol. The van der Waals surface area contributed by atoms with Gasteiger partial charge in [0.1, 0.15) is 0 Å². The molecule has 0 bridgehead atoms. The smallest absolute Gasteiger partial charge is 0.261 e. The van der Waals surface area contributed by atoms with E-state index in [-0.39, 0.29) is 10.8 Å². The van der Waals surface area contributed by atoms with E-state index in [2.05, 4.69) is 26.9 Å². The lowest BCUT2D eigenvalue weighted by Gasteiger charge is -2.25. The number of nitrogens with zero attached hydrogens (tertiary/aromatic N) is 1. The van der Waals surface area contributed by atoms with Crippen LogP contribution in [0.15, 0.2) is 47.4 Å². The average Bonchev–Trinajstić information content (AvgIpc) is 3.13. The Morgan fingerprint density at radius 2 is 1.94 bits per heavy atom. The number of nitrogen functional groups attached to an aromatic ring is 1. The van der Waals surface area contributed by atoms with Gasteiger partial charge in [-0.1, -0.05) is 50.3 Å². The fraction of sp³-hybridized carbons (Fsp3) is 0.435. The second-order valence-corrected chi connectivity index (χ2v) is 10.3. The molecule has 1 aliphatic rings. The fourth-order valence-electron chi connectivity index (χ4n) is 4.44. The van der Waals surface area contributed by atoms with Gasteiger partial charge in [0.25, 0.3) is 10.0 Å². The van der Waals surface area contributed by atoms with E-state index < -0.39 is 10.0 Å². The molecule has 31 heavy (non-hydrogen) atoms. The number of rotatable bonds is 8. The number of para-hydroxylation sites is 1. The molecule has 0 spiro atoms. The Morgan fingerprint density at radius 3 is 2.74 bits per heavy atom. The van der Waals surface area contributed by atoms with Gasteiger partial charge in [0.15, 0.2) is 5.95 Å². The second kappa shape index (κ2) is 9.28. The molecule has 0 saturated heterocycles. The van der Waals surface area contributed by atoms with Gasteiger partial charge >= 0.3 is 0 Å². The molecule has 0 aliphatic heterocycles. The first-order valence-electron chi connectivity index (χ1n) is 11.0. The van der Waals surface area contributed by atoms with Gasteiger partial charge in [0.05, 0.1) is 21.6 Å². The van der Waals surface area contributed by atoms with Crippen LogP contribution in [-0.4, -0.2) is 24.4 Å². The van der Waals surface area contributed by atoms with E-state index in [4.69, 9.17) is 5.73 Å². The van der Waals surface area contributed by atoms with E-state index in [1.54, 1.807) is 18.2 Å². The maximum atomic E-state index is 13.0. The monoisotopic (exact) mass is 441 g/mol. The highest BCUT2D eigenvalue weighted by Gasteiger charge is 2.19. The van der Waals surface area contributed by atoms with Crippen molar-refractivity contribution in [2.75, 3.05) is 10.5 Å². The third-order valence-electron chi connectivity index (χ3n) is 6.10. The molecule has 0 amide bonds. The van der Waals surface area contributed by atoms with Crippen molar-refractivity contribution in [2.24, 2.45) is 5.92 Å². The van der Waals surface area contributed by atoms with E-state index in [9.17, 15) is 8.42 Å². The Balaban J connectivity index is 1.44. The first kappa shape index (κ1) is 21.6. The van der Waals surface area contributed by atoms with Gasteiger partial charge in [-0.15, -0.1) is 0 Å². The quantitative estimate of drug-likeness (QED) is 0.414.